The van der Waals surface area contributed by atoms with Gasteiger partial charge in [-0.15, -0.1) is 0 Å². The van der Waals surface area contributed by atoms with E-state index in [0.29, 0.717) is 6.07 Å². The molecular weight excluding hydrogens is 551 g/mol. The van der Waals surface area contributed by atoms with Gasteiger partial charge in [-0.3, -0.25) is 15.4 Å². The highest BCUT2D eigenvalue weighted by molar-refractivity contribution is 6.02. The first-order valence-corrected chi connectivity index (χ1v) is 12.0. The Balaban J connectivity index is 2.26. The minimum atomic E-state index is -4.87. The average Bonchev–Trinajstić information content (AvgIpc) is 2.76. The molecule has 2 rings (SSSR count). The molecule has 0 saturated carbocycles. The lowest BCUT2D eigenvalue weighted by atomic mass is 10.0. The molecule has 41 heavy (non-hydrogen) atoms. The van der Waals surface area contributed by atoms with Crippen molar-refractivity contribution in [3.63, 3.8) is 0 Å². The molecule has 0 bridgehead atoms. The molecule has 0 radical (unpaired) electrons. The highest BCUT2D eigenvalue weighted by Crippen LogP contribution is 2.35. The van der Waals surface area contributed by atoms with Crippen LogP contribution in [0, 0.1) is 0 Å². The van der Waals surface area contributed by atoms with Crippen LogP contribution in [-0.2, 0) is 26.9 Å². The van der Waals surface area contributed by atoms with Gasteiger partial charge in [0.25, 0.3) is 0 Å². The number of halogens is 3. The van der Waals surface area contributed by atoms with Crippen LogP contribution in [0.3, 0.4) is 0 Å². The van der Waals surface area contributed by atoms with Crippen molar-refractivity contribution in [3.05, 3.63) is 59.2 Å². The van der Waals surface area contributed by atoms with E-state index in [1.165, 1.54) is 24.3 Å². The molecule has 2 aromatic carbocycles. The van der Waals surface area contributed by atoms with E-state index >= 15 is 0 Å². The predicted octanol–water partition coefficient (Wildman–Crippen LogP) is 5.59. The number of aliphatic carboxylic acids is 1. The van der Waals surface area contributed by atoms with Crippen LogP contribution in [0.4, 0.5) is 28.4 Å². The summed E-state index contributed by atoms with van der Waals surface area (Å²) >= 11 is 0. The normalized spacial score (nSPS) is 11.6. The van der Waals surface area contributed by atoms with Crippen LogP contribution in [-0.4, -0.2) is 46.4 Å². The number of benzene rings is 2. The number of alkyl carbamates (subject to hydrolysis) is 2. The largest absolute Gasteiger partial charge is 0.481 e. The van der Waals surface area contributed by atoms with Crippen LogP contribution < -0.4 is 15.4 Å². The van der Waals surface area contributed by atoms with Gasteiger partial charge >= 0.3 is 30.3 Å². The molecule has 0 spiro atoms. The number of guanidine groups is 1. The summed E-state index contributed by atoms with van der Waals surface area (Å²) in [5.74, 6) is -3.23. The molecule has 0 aromatic heterocycles. The summed E-state index contributed by atoms with van der Waals surface area (Å²) in [4.78, 5) is 52.0. The summed E-state index contributed by atoms with van der Waals surface area (Å²) in [5, 5.41) is 13.5. The highest BCUT2D eigenvalue weighted by Gasteiger charge is 2.34. The number of ether oxygens (including phenoxy) is 3. The summed E-state index contributed by atoms with van der Waals surface area (Å²) < 4.78 is 55.6. The number of nitrogens with zero attached hydrogens (tertiary/aromatic N) is 1. The molecule has 0 fully saturated rings. The van der Waals surface area contributed by atoms with Crippen molar-refractivity contribution in [3.8, 4) is 5.75 Å². The summed E-state index contributed by atoms with van der Waals surface area (Å²) in [6.07, 6.45) is -7.57. The Labute approximate surface area is 233 Å². The zero-order valence-corrected chi connectivity index (χ0v) is 23.1. The number of rotatable bonds is 5. The second-order valence-electron chi connectivity index (χ2n) is 10.5. The maximum atomic E-state index is 13.4. The Bertz CT molecular complexity index is 1290. The molecule has 0 atom stereocenters. The molecule has 0 aliphatic rings. The summed E-state index contributed by atoms with van der Waals surface area (Å²) in [5.41, 5.74) is -3.32. The Morgan fingerprint density at radius 2 is 1.34 bits per heavy atom. The molecule has 2 aromatic rings. The molecule has 0 aliphatic carbocycles. The van der Waals surface area contributed by atoms with Crippen molar-refractivity contribution in [1.29, 1.82) is 0 Å². The maximum Gasteiger partial charge on any atom is 0.416 e. The van der Waals surface area contributed by atoms with Crippen molar-refractivity contribution in [2.24, 2.45) is 4.99 Å². The van der Waals surface area contributed by atoms with Gasteiger partial charge in [0.05, 0.1) is 23.2 Å². The third-order valence-electron chi connectivity index (χ3n) is 4.52. The van der Waals surface area contributed by atoms with Gasteiger partial charge in [-0.1, -0.05) is 6.07 Å². The van der Waals surface area contributed by atoms with Crippen molar-refractivity contribution in [2.45, 2.75) is 65.3 Å². The first-order valence-electron chi connectivity index (χ1n) is 12.0. The zero-order valence-electron chi connectivity index (χ0n) is 23.1. The second-order valence-corrected chi connectivity index (χ2v) is 10.5. The van der Waals surface area contributed by atoms with Gasteiger partial charge in [0.15, 0.2) is 0 Å². The average molecular weight is 582 g/mol. The molecule has 0 heterocycles. The summed E-state index contributed by atoms with van der Waals surface area (Å²) in [6, 6.07) is 7.68. The number of carbonyl (C=O) groups is 4. The lowest BCUT2D eigenvalue weighted by Gasteiger charge is -2.22. The Kier molecular flexibility index (Phi) is 10.1. The van der Waals surface area contributed by atoms with Gasteiger partial charge < -0.3 is 19.3 Å². The van der Waals surface area contributed by atoms with Crippen LogP contribution in [0.2, 0.25) is 0 Å². The van der Waals surface area contributed by atoms with E-state index in [-0.39, 0.29) is 17.2 Å². The number of carbonyl (C=O) groups excluding carboxylic acids is 3. The van der Waals surface area contributed by atoms with E-state index < -0.39 is 64.8 Å². The molecule has 222 valence electrons. The lowest BCUT2D eigenvalue weighted by Crippen LogP contribution is -2.47. The number of nitrogens with one attached hydrogen (secondary N) is 2. The Morgan fingerprint density at radius 3 is 1.78 bits per heavy atom. The standard InChI is InChI=1S/C27H30F3N3O8/c1-25(2,3)40-23(37)32-22(33-24(38)41-26(4,5)6)31-17-10-7-15(8-11-17)21(36)39-18-12-9-16(13-20(34)35)19(14-18)27(28,29)30/h7-12,14H,13H2,1-6H3,(H,34,35)(H2,31,32,33,37,38). The molecule has 0 aliphatic heterocycles. The topological polar surface area (TPSA) is 153 Å². The first-order chi connectivity index (χ1) is 18.7. The van der Waals surface area contributed by atoms with Crippen molar-refractivity contribution >= 4 is 35.8 Å². The van der Waals surface area contributed by atoms with Crippen molar-refractivity contribution in [2.75, 3.05) is 0 Å². The molecule has 0 unspecified atom stereocenters. The lowest BCUT2D eigenvalue weighted by molar-refractivity contribution is -0.139. The van der Waals surface area contributed by atoms with Crippen LogP contribution in [0.25, 0.3) is 0 Å². The predicted molar refractivity (Wildman–Crippen MR) is 140 cm³/mol. The Morgan fingerprint density at radius 1 is 0.829 bits per heavy atom. The van der Waals surface area contributed by atoms with Gasteiger partial charge in [-0.05, 0) is 83.5 Å². The number of aliphatic imine (C=N–C) groups is 1. The number of hydrogen-bond donors (Lipinski definition) is 3. The summed E-state index contributed by atoms with van der Waals surface area (Å²) in [7, 11) is 0. The third kappa shape index (κ3) is 11.6. The van der Waals surface area contributed by atoms with Crippen LogP contribution in [0.15, 0.2) is 47.5 Å². The van der Waals surface area contributed by atoms with E-state index in [1.807, 2.05) is 0 Å². The number of amides is 2. The molecule has 0 saturated heterocycles. The second kappa shape index (κ2) is 12.7. The number of carboxylic acid groups (broad SMARTS) is 1. The van der Waals surface area contributed by atoms with Gasteiger partial charge in [0.1, 0.15) is 17.0 Å². The van der Waals surface area contributed by atoms with Gasteiger partial charge in [0, 0.05) is 0 Å². The van der Waals surface area contributed by atoms with E-state index in [9.17, 15) is 32.3 Å². The minimum Gasteiger partial charge on any atom is -0.481 e. The van der Waals surface area contributed by atoms with Gasteiger partial charge in [-0.2, -0.15) is 13.2 Å². The highest BCUT2D eigenvalue weighted by atomic mass is 19.4. The molecular formula is C27H30F3N3O8. The molecule has 3 N–H and O–H groups in total. The quantitative estimate of drug-likeness (QED) is 0.179. The summed E-state index contributed by atoms with van der Waals surface area (Å²) in [6.45, 7) is 9.81. The van der Waals surface area contributed by atoms with E-state index in [1.54, 1.807) is 41.5 Å². The zero-order chi connectivity index (χ0) is 31.2. The molecule has 14 heteroatoms. The fourth-order valence-electron chi connectivity index (χ4n) is 3.05. The fourth-order valence-corrected chi connectivity index (χ4v) is 3.05. The minimum absolute atomic E-state index is 0.0612. The number of carboxylic acids is 1. The smallest absolute Gasteiger partial charge is 0.416 e. The van der Waals surface area contributed by atoms with E-state index in [0.717, 1.165) is 12.1 Å². The van der Waals surface area contributed by atoms with Crippen LogP contribution in [0.5, 0.6) is 5.75 Å². The molecule has 11 nitrogen and oxygen atoms in total. The third-order valence-corrected chi connectivity index (χ3v) is 4.52. The Hall–Kier alpha value is -4.62. The van der Waals surface area contributed by atoms with Crippen molar-refractivity contribution in [1.82, 2.24) is 10.6 Å². The number of esters is 1. The van der Waals surface area contributed by atoms with E-state index in [4.69, 9.17) is 19.3 Å². The monoisotopic (exact) mass is 581 g/mol. The van der Waals surface area contributed by atoms with Crippen LogP contribution in [0.1, 0.15) is 63.0 Å². The maximum absolute atomic E-state index is 13.4. The first kappa shape index (κ1) is 32.6. The number of alkyl halides is 3. The molecule has 2 amide bonds. The van der Waals surface area contributed by atoms with Crippen LogP contribution >= 0.6 is 0 Å². The van der Waals surface area contributed by atoms with Crippen molar-refractivity contribution < 1.29 is 51.7 Å². The van der Waals surface area contributed by atoms with Gasteiger partial charge in [-0.25, -0.2) is 19.4 Å². The van der Waals surface area contributed by atoms with Gasteiger partial charge in [0.2, 0.25) is 5.96 Å². The SMILES string of the molecule is CC(C)(C)OC(=O)NC(=Nc1ccc(C(=O)Oc2ccc(CC(=O)O)c(C(F)(F)F)c2)cc1)NC(=O)OC(C)(C)C. The number of hydrogen-bond acceptors (Lipinski definition) is 8. The van der Waals surface area contributed by atoms with E-state index in [2.05, 4.69) is 15.6 Å². The fraction of sp³-hybridized carbons (Fsp3) is 0.370.